The summed E-state index contributed by atoms with van der Waals surface area (Å²) >= 11 is 0. The van der Waals surface area contributed by atoms with E-state index in [1.54, 1.807) is 6.20 Å². The lowest BCUT2D eigenvalue weighted by molar-refractivity contribution is -0.137. The van der Waals surface area contributed by atoms with Gasteiger partial charge in [0, 0.05) is 42.5 Å². The maximum atomic E-state index is 12.9. The summed E-state index contributed by atoms with van der Waals surface area (Å²) in [4.78, 5) is 31.1. The fourth-order valence-electron chi connectivity index (χ4n) is 5.40. The van der Waals surface area contributed by atoms with Crippen molar-refractivity contribution in [1.29, 1.82) is 0 Å². The zero-order valence-electron chi connectivity index (χ0n) is 21.5. The molecule has 3 N–H and O–H groups in total. The molecule has 39 heavy (non-hydrogen) atoms. The van der Waals surface area contributed by atoms with E-state index in [0.29, 0.717) is 37.9 Å². The number of alkyl halides is 3. The highest BCUT2D eigenvalue weighted by Crippen LogP contribution is 2.39. The topological polar surface area (TPSA) is 104 Å². The molecule has 0 bridgehead atoms. The van der Waals surface area contributed by atoms with Crippen molar-refractivity contribution in [3.63, 3.8) is 0 Å². The van der Waals surface area contributed by atoms with Gasteiger partial charge >= 0.3 is 6.18 Å². The first-order valence-electron chi connectivity index (χ1n) is 13.4. The minimum Gasteiger partial charge on any atom is -0.474 e. The van der Waals surface area contributed by atoms with Gasteiger partial charge in [0.05, 0.1) is 23.8 Å². The summed E-state index contributed by atoms with van der Waals surface area (Å²) in [6.45, 7) is 1.02. The highest BCUT2D eigenvalue weighted by atomic mass is 19.4. The van der Waals surface area contributed by atoms with E-state index in [1.165, 1.54) is 12.5 Å². The number of rotatable bonds is 8. The third-order valence-electron chi connectivity index (χ3n) is 8.05. The second-order valence-corrected chi connectivity index (χ2v) is 10.8. The van der Waals surface area contributed by atoms with Gasteiger partial charge in [-0.05, 0) is 69.2 Å². The zero-order valence-corrected chi connectivity index (χ0v) is 21.5. The molecule has 0 spiro atoms. The van der Waals surface area contributed by atoms with Gasteiger partial charge in [-0.15, -0.1) is 0 Å². The molecule has 0 unspecified atom stereocenters. The van der Waals surface area contributed by atoms with Crippen molar-refractivity contribution < 1.29 is 32.6 Å². The summed E-state index contributed by atoms with van der Waals surface area (Å²) in [5, 5.41) is 16.5. The van der Waals surface area contributed by atoms with Gasteiger partial charge in [0.2, 0.25) is 11.8 Å². The standard InChI is InChI=1S/C28H33F3N4O4/c29-28(30,31)19-4-1-3-18(13-19)26(37)33-15-24(36)34-21-16-35(17-21)22-9-11-27(38,12-10-22)20-7-8-25(32-14-20)39-23-5-2-6-23/h1,3-4,7-8,13-14,21-23,38H,2,5-6,9-12,15-17H2,(H,33,37)(H,34,36). The van der Waals surface area contributed by atoms with E-state index >= 15 is 0 Å². The van der Waals surface area contributed by atoms with Crippen LogP contribution in [0.5, 0.6) is 5.88 Å². The van der Waals surface area contributed by atoms with Gasteiger partial charge in [-0.3, -0.25) is 14.5 Å². The van der Waals surface area contributed by atoms with E-state index in [4.69, 9.17) is 4.74 Å². The first-order chi connectivity index (χ1) is 18.6. The second-order valence-electron chi connectivity index (χ2n) is 10.8. The van der Waals surface area contributed by atoms with Crippen LogP contribution < -0.4 is 15.4 Å². The number of carbonyl (C=O) groups excluding carboxylic acids is 2. The predicted octanol–water partition coefficient (Wildman–Crippen LogP) is 3.39. The SMILES string of the molecule is O=C(CNC(=O)c1cccc(C(F)(F)F)c1)NC1CN(C2CCC(O)(c3ccc(OC4CCC4)nc3)CC2)C1. The number of aliphatic hydroxyl groups is 1. The van der Waals surface area contributed by atoms with Crippen LogP contribution in [0, 0.1) is 0 Å². The Morgan fingerprint density at radius 2 is 1.85 bits per heavy atom. The Morgan fingerprint density at radius 3 is 2.46 bits per heavy atom. The maximum absolute atomic E-state index is 12.9. The lowest BCUT2D eigenvalue weighted by atomic mass is 9.77. The van der Waals surface area contributed by atoms with Gasteiger partial charge in [0.1, 0.15) is 6.10 Å². The molecule has 3 aliphatic rings. The minimum absolute atomic E-state index is 0.0591. The molecule has 2 amide bonds. The van der Waals surface area contributed by atoms with E-state index < -0.39 is 29.2 Å². The highest BCUT2D eigenvalue weighted by Gasteiger charge is 2.40. The van der Waals surface area contributed by atoms with Crippen LogP contribution in [0.2, 0.25) is 0 Å². The number of halogens is 3. The zero-order chi connectivity index (χ0) is 27.6. The Balaban J connectivity index is 1.01. The molecule has 2 aliphatic carbocycles. The molecule has 5 rings (SSSR count). The summed E-state index contributed by atoms with van der Waals surface area (Å²) in [7, 11) is 0. The van der Waals surface area contributed by atoms with Crippen molar-refractivity contribution in [2.45, 2.75) is 74.9 Å². The Morgan fingerprint density at radius 1 is 1.10 bits per heavy atom. The Kier molecular flexibility index (Phi) is 7.82. The maximum Gasteiger partial charge on any atom is 0.416 e. The van der Waals surface area contributed by atoms with Gasteiger partial charge < -0.3 is 20.5 Å². The van der Waals surface area contributed by atoms with Crippen molar-refractivity contribution in [3.8, 4) is 5.88 Å². The first kappa shape index (κ1) is 27.4. The van der Waals surface area contributed by atoms with E-state index in [2.05, 4.69) is 20.5 Å². The molecule has 1 aromatic heterocycles. The molecular formula is C28H33F3N4O4. The van der Waals surface area contributed by atoms with Crippen LogP contribution >= 0.6 is 0 Å². The number of aromatic nitrogens is 1. The Bertz CT molecular complexity index is 1170. The van der Waals surface area contributed by atoms with Gasteiger partial charge in [-0.1, -0.05) is 6.07 Å². The molecule has 1 aliphatic heterocycles. The lowest BCUT2D eigenvalue weighted by Gasteiger charge is -2.48. The largest absolute Gasteiger partial charge is 0.474 e. The van der Waals surface area contributed by atoms with Gasteiger partial charge in [0.25, 0.3) is 5.91 Å². The number of nitrogens with zero attached hydrogens (tertiary/aromatic N) is 2. The van der Waals surface area contributed by atoms with E-state index in [0.717, 1.165) is 49.4 Å². The second kappa shape index (κ2) is 11.1. The molecular weight excluding hydrogens is 513 g/mol. The number of ether oxygens (including phenoxy) is 1. The molecule has 1 aromatic carbocycles. The normalized spacial score (nSPS) is 24.4. The minimum atomic E-state index is -4.55. The number of amides is 2. The van der Waals surface area contributed by atoms with Crippen LogP contribution in [0.1, 0.15) is 66.4 Å². The molecule has 1 saturated heterocycles. The quantitative estimate of drug-likeness (QED) is 0.469. The molecule has 2 aromatic rings. The number of hydrogen-bond acceptors (Lipinski definition) is 6. The molecule has 210 valence electrons. The average Bonchev–Trinajstić information content (AvgIpc) is 2.87. The molecule has 3 fully saturated rings. The third kappa shape index (κ3) is 6.52. The molecule has 0 radical (unpaired) electrons. The number of likely N-dealkylation sites (tertiary alicyclic amines) is 1. The predicted molar refractivity (Wildman–Crippen MR) is 136 cm³/mol. The Hall–Kier alpha value is -3.18. The number of pyridine rings is 1. The van der Waals surface area contributed by atoms with Crippen LogP contribution in [0.25, 0.3) is 0 Å². The summed E-state index contributed by atoms with van der Waals surface area (Å²) in [5.74, 6) is -0.531. The van der Waals surface area contributed by atoms with E-state index in [-0.39, 0.29) is 24.3 Å². The Labute approximate surface area is 224 Å². The summed E-state index contributed by atoms with van der Waals surface area (Å²) in [6, 6.07) is 8.07. The third-order valence-corrected chi connectivity index (χ3v) is 8.05. The van der Waals surface area contributed by atoms with Crippen molar-refractivity contribution in [1.82, 2.24) is 20.5 Å². The number of carbonyl (C=O) groups is 2. The van der Waals surface area contributed by atoms with Crippen LogP contribution in [-0.4, -0.2) is 64.6 Å². The van der Waals surface area contributed by atoms with Crippen molar-refractivity contribution >= 4 is 11.8 Å². The summed E-state index contributed by atoms with van der Waals surface area (Å²) in [5.41, 5.74) is -1.17. The summed E-state index contributed by atoms with van der Waals surface area (Å²) in [6.07, 6.45) is 3.64. The average molecular weight is 547 g/mol. The molecule has 0 atom stereocenters. The fourth-order valence-corrected chi connectivity index (χ4v) is 5.40. The number of nitrogens with one attached hydrogen (secondary N) is 2. The van der Waals surface area contributed by atoms with Gasteiger partial charge in [-0.2, -0.15) is 13.2 Å². The molecule has 2 heterocycles. The molecule has 2 saturated carbocycles. The van der Waals surface area contributed by atoms with Crippen molar-refractivity contribution in [3.05, 3.63) is 59.3 Å². The number of hydrogen-bond donors (Lipinski definition) is 3. The van der Waals surface area contributed by atoms with E-state index in [1.807, 2.05) is 12.1 Å². The van der Waals surface area contributed by atoms with Crippen LogP contribution in [0.15, 0.2) is 42.6 Å². The van der Waals surface area contributed by atoms with Gasteiger partial charge in [-0.25, -0.2) is 4.98 Å². The van der Waals surface area contributed by atoms with Crippen LogP contribution in [-0.2, 0) is 16.6 Å². The van der Waals surface area contributed by atoms with Crippen molar-refractivity contribution in [2.24, 2.45) is 0 Å². The first-order valence-corrected chi connectivity index (χ1v) is 13.4. The molecule has 11 heteroatoms. The fraction of sp³-hybridized carbons (Fsp3) is 0.536. The van der Waals surface area contributed by atoms with Crippen LogP contribution in [0.4, 0.5) is 13.2 Å². The summed E-state index contributed by atoms with van der Waals surface area (Å²) < 4.78 is 44.4. The lowest BCUT2D eigenvalue weighted by Crippen LogP contribution is -2.63. The van der Waals surface area contributed by atoms with Crippen LogP contribution in [0.3, 0.4) is 0 Å². The van der Waals surface area contributed by atoms with E-state index in [9.17, 15) is 27.9 Å². The van der Waals surface area contributed by atoms with Crippen molar-refractivity contribution in [2.75, 3.05) is 19.6 Å². The number of benzene rings is 1. The molecule has 8 nitrogen and oxygen atoms in total. The smallest absolute Gasteiger partial charge is 0.416 e. The monoisotopic (exact) mass is 546 g/mol. The van der Waals surface area contributed by atoms with Gasteiger partial charge in [0.15, 0.2) is 0 Å². The highest BCUT2D eigenvalue weighted by molar-refractivity contribution is 5.96.